The topological polar surface area (TPSA) is 65.8 Å². The van der Waals surface area contributed by atoms with Crippen molar-refractivity contribution in [2.45, 2.75) is 0 Å². The second-order valence-electron chi connectivity index (χ2n) is 3.61. The highest BCUT2D eigenvalue weighted by Crippen LogP contribution is 2.23. The molecule has 1 aromatic carbocycles. The summed E-state index contributed by atoms with van der Waals surface area (Å²) in [4.78, 5) is 15.3. The number of rotatable bonds is 2. The minimum absolute atomic E-state index is 0.0709. The molecule has 1 aromatic heterocycles. The SMILES string of the molecule is N#Cc1ccc(Cl)c(NC(=O)c2cccc(F)n2)c1. The van der Waals surface area contributed by atoms with Crippen molar-refractivity contribution in [3.05, 3.63) is 58.6 Å². The number of hydrogen-bond acceptors (Lipinski definition) is 3. The maximum atomic E-state index is 12.9. The molecular formula is C13H7ClFN3O. The number of nitrogens with zero attached hydrogens (tertiary/aromatic N) is 2. The lowest BCUT2D eigenvalue weighted by Crippen LogP contribution is -2.14. The van der Waals surface area contributed by atoms with E-state index in [2.05, 4.69) is 10.3 Å². The second kappa shape index (κ2) is 5.46. The van der Waals surface area contributed by atoms with Gasteiger partial charge in [0.15, 0.2) is 0 Å². The quantitative estimate of drug-likeness (QED) is 0.857. The van der Waals surface area contributed by atoms with Crippen molar-refractivity contribution in [1.82, 2.24) is 4.98 Å². The van der Waals surface area contributed by atoms with Gasteiger partial charge in [-0.15, -0.1) is 0 Å². The van der Waals surface area contributed by atoms with Gasteiger partial charge in [0.1, 0.15) is 5.69 Å². The van der Waals surface area contributed by atoms with Crippen LogP contribution in [-0.2, 0) is 0 Å². The first kappa shape index (κ1) is 13.0. The van der Waals surface area contributed by atoms with E-state index in [0.29, 0.717) is 5.56 Å². The predicted octanol–water partition coefficient (Wildman–Crippen LogP) is 3.00. The van der Waals surface area contributed by atoms with E-state index in [-0.39, 0.29) is 16.4 Å². The van der Waals surface area contributed by atoms with Gasteiger partial charge in [-0.3, -0.25) is 4.79 Å². The molecule has 0 atom stereocenters. The number of carbonyl (C=O) groups excluding carboxylic acids is 1. The summed E-state index contributed by atoms with van der Waals surface area (Å²) >= 11 is 5.90. The number of benzene rings is 1. The van der Waals surface area contributed by atoms with Crippen LogP contribution >= 0.6 is 11.6 Å². The van der Waals surface area contributed by atoms with E-state index in [4.69, 9.17) is 16.9 Å². The first-order chi connectivity index (χ1) is 9.10. The van der Waals surface area contributed by atoms with Crippen LogP contribution in [0.3, 0.4) is 0 Å². The van der Waals surface area contributed by atoms with Gasteiger partial charge in [-0.2, -0.15) is 9.65 Å². The van der Waals surface area contributed by atoms with Gasteiger partial charge in [-0.1, -0.05) is 17.7 Å². The molecule has 0 saturated carbocycles. The van der Waals surface area contributed by atoms with Crippen LogP contribution in [0.4, 0.5) is 10.1 Å². The number of pyridine rings is 1. The molecule has 4 nitrogen and oxygen atoms in total. The maximum absolute atomic E-state index is 12.9. The molecule has 1 amide bonds. The first-order valence-corrected chi connectivity index (χ1v) is 5.61. The Kier molecular flexibility index (Phi) is 3.74. The van der Waals surface area contributed by atoms with Crippen LogP contribution in [0.1, 0.15) is 16.1 Å². The average Bonchev–Trinajstić information content (AvgIpc) is 2.41. The lowest BCUT2D eigenvalue weighted by Gasteiger charge is -2.07. The fourth-order valence-electron chi connectivity index (χ4n) is 1.41. The molecule has 0 fully saturated rings. The molecule has 0 saturated heterocycles. The molecule has 0 radical (unpaired) electrons. The van der Waals surface area contributed by atoms with Crippen LogP contribution in [-0.4, -0.2) is 10.9 Å². The summed E-state index contributed by atoms with van der Waals surface area (Å²) in [6, 6.07) is 10.3. The highest BCUT2D eigenvalue weighted by Gasteiger charge is 2.11. The van der Waals surface area contributed by atoms with Crippen LogP contribution < -0.4 is 5.32 Å². The van der Waals surface area contributed by atoms with Crippen LogP contribution in [0.15, 0.2) is 36.4 Å². The molecule has 6 heteroatoms. The van der Waals surface area contributed by atoms with Crippen molar-refractivity contribution in [3.8, 4) is 6.07 Å². The third-order valence-corrected chi connectivity index (χ3v) is 2.62. The summed E-state index contributed by atoms with van der Waals surface area (Å²) in [5.41, 5.74) is 0.558. The van der Waals surface area contributed by atoms with E-state index in [9.17, 15) is 9.18 Å². The average molecular weight is 276 g/mol. The van der Waals surface area contributed by atoms with Gasteiger partial charge in [-0.25, -0.2) is 4.98 Å². The first-order valence-electron chi connectivity index (χ1n) is 5.23. The van der Waals surface area contributed by atoms with E-state index in [1.54, 1.807) is 0 Å². The van der Waals surface area contributed by atoms with Crippen LogP contribution in [0.5, 0.6) is 0 Å². The monoisotopic (exact) mass is 275 g/mol. The highest BCUT2D eigenvalue weighted by molar-refractivity contribution is 6.33. The second-order valence-corrected chi connectivity index (χ2v) is 4.01. The van der Waals surface area contributed by atoms with Crippen molar-refractivity contribution in [2.24, 2.45) is 0 Å². The summed E-state index contributed by atoms with van der Waals surface area (Å²) in [6.45, 7) is 0. The van der Waals surface area contributed by atoms with Crippen molar-refractivity contribution in [1.29, 1.82) is 5.26 Å². The van der Waals surface area contributed by atoms with Gasteiger partial charge in [-0.05, 0) is 30.3 Å². The van der Waals surface area contributed by atoms with Crippen molar-refractivity contribution < 1.29 is 9.18 Å². The van der Waals surface area contributed by atoms with E-state index in [1.165, 1.54) is 30.3 Å². The van der Waals surface area contributed by atoms with Crippen molar-refractivity contribution in [3.63, 3.8) is 0 Å². The van der Waals surface area contributed by atoms with Gasteiger partial charge in [0.25, 0.3) is 5.91 Å². The molecule has 94 valence electrons. The number of aromatic nitrogens is 1. The molecule has 0 bridgehead atoms. The Morgan fingerprint density at radius 2 is 2.16 bits per heavy atom. The normalized spacial score (nSPS) is 9.74. The molecule has 2 rings (SSSR count). The molecule has 0 unspecified atom stereocenters. The molecule has 0 aliphatic rings. The Balaban J connectivity index is 2.27. The molecule has 1 N–H and O–H groups in total. The number of anilines is 1. The zero-order chi connectivity index (χ0) is 13.8. The summed E-state index contributed by atoms with van der Waals surface area (Å²) in [5.74, 6) is -1.35. The standard InChI is InChI=1S/C13H7ClFN3O/c14-9-5-4-8(7-16)6-11(9)18-13(19)10-2-1-3-12(15)17-10/h1-6H,(H,18,19). The Hall–Kier alpha value is -2.45. The Bertz CT molecular complexity index is 682. The molecule has 0 aliphatic heterocycles. The molecule has 19 heavy (non-hydrogen) atoms. The summed E-state index contributed by atoms with van der Waals surface area (Å²) in [6.07, 6.45) is 0. The Morgan fingerprint density at radius 1 is 1.37 bits per heavy atom. The molecule has 0 spiro atoms. The highest BCUT2D eigenvalue weighted by atomic mass is 35.5. The zero-order valence-corrected chi connectivity index (χ0v) is 10.3. The number of halogens is 2. The maximum Gasteiger partial charge on any atom is 0.274 e. The molecule has 2 aromatic rings. The molecule has 0 aliphatic carbocycles. The van der Waals surface area contributed by atoms with Crippen molar-refractivity contribution >= 4 is 23.2 Å². The predicted molar refractivity (Wildman–Crippen MR) is 68.3 cm³/mol. The fourth-order valence-corrected chi connectivity index (χ4v) is 1.58. The van der Waals surface area contributed by atoms with Gasteiger partial charge < -0.3 is 5.32 Å². The van der Waals surface area contributed by atoms with Gasteiger partial charge in [0.05, 0.1) is 22.3 Å². The molecular weight excluding hydrogens is 269 g/mol. The summed E-state index contributed by atoms with van der Waals surface area (Å²) in [5, 5.41) is 11.5. The van der Waals surface area contributed by atoms with Gasteiger partial charge in [0.2, 0.25) is 5.95 Å². The lowest BCUT2D eigenvalue weighted by molar-refractivity contribution is 0.102. The largest absolute Gasteiger partial charge is 0.319 e. The summed E-state index contributed by atoms with van der Waals surface area (Å²) in [7, 11) is 0. The summed E-state index contributed by atoms with van der Waals surface area (Å²) < 4.78 is 12.9. The van der Waals surface area contributed by atoms with Crippen LogP contribution in [0.25, 0.3) is 0 Å². The van der Waals surface area contributed by atoms with Crippen molar-refractivity contribution in [2.75, 3.05) is 5.32 Å². The number of carbonyl (C=O) groups is 1. The Labute approximate surface area is 113 Å². The third-order valence-electron chi connectivity index (χ3n) is 2.29. The van der Waals surface area contributed by atoms with E-state index < -0.39 is 11.9 Å². The minimum atomic E-state index is -0.746. The Morgan fingerprint density at radius 3 is 2.84 bits per heavy atom. The zero-order valence-electron chi connectivity index (χ0n) is 9.52. The van der Waals surface area contributed by atoms with Crippen LogP contribution in [0.2, 0.25) is 5.02 Å². The van der Waals surface area contributed by atoms with Gasteiger partial charge in [0, 0.05) is 0 Å². The van der Waals surface area contributed by atoms with Crippen LogP contribution in [0, 0.1) is 17.3 Å². The van der Waals surface area contributed by atoms with E-state index >= 15 is 0 Å². The molecule has 1 heterocycles. The van der Waals surface area contributed by atoms with E-state index in [1.807, 2.05) is 6.07 Å². The van der Waals surface area contributed by atoms with Gasteiger partial charge >= 0.3 is 0 Å². The fraction of sp³-hybridized carbons (Fsp3) is 0. The smallest absolute Gasteiger partial charge is 0.274 e. The number of nitrogens with one attached hydrogen (secondary N) is 1. The van der Waals surface area contributed by atoms with E-state index in [0.717, 1.165) is 6.07 Å². The third kappa shape index (κ3) is 3.06. The minimum Gasteiger partial charge on any atom is -0.319 e. The number of amides is 1. The number of hydrogen-bond donors (Lipinski definition) is 1. The number of nitriles is 1. The lowest BCUT2D eigenvalue weighted by atomic mass is 10.2.